The topological polar surface area (TPSA) is 116 Å². The van der Waals surface area contributed by atoms with Crippen molar-refractivity contribution < 1.29 is 9.90 Å². The quantitative estimate of drug-likeness (QED) is 0.735. The molecule has 0 atom stereocenters. The highest BCUT2D eigenvalue weighted by Crippen LogP contribution is 2.22. The van der Waals surface area contributed by atoms with Gasteiger partial charge in [-0.15, -0.1) is 0 Å². The summed E-state index contributed by atoms with van der Waals surface area (Å²) in [4.78, 5) is 35.5. The number of carboxylic acids is 1. The third-order valence-electron chi connectivity index (χ3n) is 2.00. The Hall–Kier alpha value is -2.35. The molecule has 0 aliphatic carbocycles. The molecule has 2 aromatic rings. The molecule has 3 N–H and O–H groups in total. The number of nitrogens with one attached hydrogen (secondary N) is 2. The molecule has 0 saturated carbocycles. The second-order valence-electron chi connectivity index (χ2n) is 3.24. The third-order valence-corrected chi connectivity index (χ3v) is 2.97. The molecule has 0 bridgehead atoms. The van der Waals surface area contributed by atoms with E-state index in [2.05, 4.69) is 10.2 Å². The summed E-state index contributed by atoms with van der Waals surface area (Å²) < 4.78 is 0. The summed E-state index contributed by atoms with van der Waals surface area (Å²) in [6, 6.07) is 5.95. The van der Waals surface area contributed by atoms with Gasteiger partial charge in [-0.3, -0.25) is 9.78 Å². The normalized spacial score (nSPS) is 10.2. The van der Waals surface area contributed by atoms with Gasteiger partial charge in [-0.05, 0) is 24.3 Å². The zero-order valence-electron chi connectivity index (χ0n) is 8.84. The summed E-state index contributed by atoms with van der Waals surface area (Å²) in [6.45, 7) is 0. The third kappa shape index (κ3) is 2.66. The van der Waals surface area contributed by atoms with E-state index in [1.807, 2.05) is 4.98 Å². The lowest BCUT2D eigenvalue weighted by Crippen LogP contribution is -2.24. The Balaban J connectivity index is 2.26. The first-order valence-electron chi connectivity index (χ1n) is 4.76. The maximum Gasteiger partial charge on any atom is 0.342 e. The Kier molecular flexibility index (Phi) is 3.28. The number of aromatic carboxylic acids is 1. The minimum Gasteiger partial charge on any atom is -0.478 e. The standard InChI is InChI=1S/C10H7N3O4S/c14-7-8(12-13-10(17)11-7)18-6-3-1-5(2-4-6)9(15)16/h1-4H,(H,15,16)(H2,11,13,14,17). The predicted octanol–water partition coefficient (Wildman–Crippen LogP) is 0.308. The van der Waals surface area contributed by atoms with Crippen molar-refractivity contribution in [3.8, 4) is 0 Å². The molecule has 0 spiro atoms. The van der Waals surface area contributed by atoms with Crippen LogP contribution >= 0.6 is 11.8 Å². The molecular formula is C10H7N3O4S. The number of H-pyrrole nitrogens is 2. The number of aromatic nitrogens is 3. The number of aromatic amines is 2. The minimum atomic E-state index is -1.02. The van der Waals surface area contributed by atoms with Crippen LogP contribution in [-0.2, 0) is 0 Å². The number of nitrogens with zero attached hydrogens (tertiary/aromatic N) is 1. The van der Waals surface area contributed by atoms with Crippen molar-refractivity contribution in [2.24, 2.45) is 0 Å². The largest absolute Gasteiger partial charge is 0.478 e. The molecule has 0 saturated heterocycles. The smallest absolute Gasteiger partial charge is 0.342 e. The zero-order valence-corrected chi connectivity index (χ0v) is 9.65. The molecular weight excluding hydrogens is 258 g/mol. The van der Waals surface area contributed by atoms with E-state index in [-0.39, 0.29) is 10.6 Å². The Bertz CT molecular complexity index is 689. The van der Waals surface area contributed by atoms with Gasteiger partial charge in [0.2, 0.25) is 0 Å². The number of rotatable bonds is 3. The number of carboxylic acid groups (broad SMARTS) is 1. The van der Waals surface area contributed by atoms with Crippen LogP contribution in [0.5, 0.6) is 0 Å². The van der Waals surface area contributed by atoms with Crippen molar-refractivity contribution >= 4 is 17.7 Å². The van der Waals surface area contributed by atoms with Crippen LogP contribution in [0.25, 0.3) is 0 Å². The molecule has 0 radical (unpaired) electrons. The van der Waals surface area contributed by atoms with Crippen molar-refractivity contribution in [2.45, 2.75) is 9.92 Å². The van der Waals surface area contributed by atoms with E-state index >= 15 is 0 Å². The molecule has 1 heterocycles. The van der Waals surface area contributed by atoms with Crippen LogP contribution in [0.2, 0.25) is 0 Å². The van der Waals surface area contributed by atoms with Crippen LogP contribution < -0.4 is 11.2 Å². The van der Waals surface area contributed by atoms with Crippen LogP contribution in [0.15, 0.2) is 43.8 Å². The van der Waals surface area contributed by atoms with Gasteiger partial charge >= 0.3 is 11.7 Å². The minimum absolute atomic E-state index is 0.0812. The average Bonchev–Trinajstić information content (AvgIpc) is 2.33. The molecule has 0 aliphatic rings. The van der Waals surface area contributed by atoms with E-state index in [1.165, 1.54) is 12.1 Å². The highest BCUT2D eigenvalue weighted by atomic mass is 32.2. The van der Waals surface area contributed by atoms with Gasteiger partial charge in [-0.1, -0.05) is 11.8 Å². The molecule has 1 aromatic carbocycles. The van der Waals surface area contributed by atoms with Crippen molar-refractivity contribution in [1.29, 1.82) is 0 Å². The number of hydrogen-bond donors (Lipinski definition) is 3. The zero-order chi connectivity index (χ0) is 13.1. The first-order valence-corrected chi connectivity index (χ1v) is 5.58. The fourth-order valence-corrected chi connectivity index (χ4v) is 1.91. The van der Waals surface area contributed by atoms with Crippen molar-refractivity contribution in [3.63, 3.8) is 0 Å². The highest BCUT2D eigenvalue weighted by Gasteiger charge is 2.06. The second-order valence-corrected chi connectivity index (χ2v) is 4.31. The summed E-state index contributed by atoms with van der Waals surface area (Å²) in [6.07, 6.45) is 0. The van der Waals surface area contributed by atoms with Crippen molar-refractivity contribution in [3.05, 3.63) is 50.7 Å². The molecule has 8 heteroatoms. The van der Waals surface area contributed by atoms with Gasteiger partial charge in [-0.25, -0.2) is 14.7 Å². The molecule has 0 fully saturated rings. The van der Waals surface area contributed by atoms with Gasteiger partial charge in [0.25, 0.3) is 5.56 Å². The van der Waals surface area contributed by atoms with E-state index in [9.17, 15) is 14.4 Å². The number of hydrogen-bond acceptors (Lipinski definition) is 5. The van der Waals surface area contributed by atoms with E-state index in [4.69, 9.17) is 5.11 Å². The fourth-order valence-electron chi connectivity index (χ4n) is 1.18. The Morgan fingerprint density at radius 3 is 2.44 bits per heavy atom. The lowest BCUT2D eigenvalue weighted by molar-refractivity contribution is 0.0697. The van der Waals surface area contributed by atoms with E-state index in [1.54, 1.807) is 12.1 Å². The lowest BCUT2D eigenvalue weighted by atomic mass is 10.2. The summed E-state index contributed by atoms with van der Waals surface area (Å²) in [5, 5.41) is 14.5. The van der Waals surface area contributed by atoms with Gasteiger partial charge in [0.05, 0.1) is 5.56 Å². The monoisotopic (exact) mass is 265 g/mol. The van der Waals surface area contributed by atoms with Crippen molar-refractivity contribution in [1.82, 2.24) is 15.2 Å². The van der Waals surface area contributed by atoms with Gasteiger partial charge < -0.3 is 5.11 Å². The summed E-state index contributed by atoms with van der Waals surface area (Å²) in [5.74, 6) is -1.02. The molecule has 7 nitrogen and oxygen atoms in total. The Morgan fingerprint density at radius 1 is 1.22 bits per heavy atom. The van der Waals surface area contributed by atoms with Crippen LogP contribution in [0, 0.1) is 0 Å². The lowest BCUT2D eigenvalue weighted by Gasteiger charge is -1.99. The maximum atomic E-state index is 11.4. The van der Waals surface area contributed by atoms with E-state index in [0.29, 0.717) is 4.90 Å². The van der Waals surface area contributed by atoms with Gasteiger partial charge in [0, 0.05) is 4.90 Å². The predicted molar refractivity (Wildman–Crippen MR) is 63.0 cm³/mol. The summed E-state index contributed by atoms with van der Waals surface area (Å²) in [7, 11) is 0. The molecule has 0 aliphatic heterocycles. The first kappa shape index (κ1) is 12.1. The van der Waals surface area contributed by atoms with Crippen LogP contribution in [0.3, 0.4) is 0 Å². The van der Waals surface area contributed by atoms with Gasteiger partial charge in [0.15, 0.2) is 5.03 Å². The molecule has 92 valence electrons. The highest BCUT2D eigenvalue weighted by molar-refractivity contribution is 7.99. The number of benzene rings is 1. The molecule has 18 heavy (non-hydrogen) atoms. The van der Waals surface area contributed by atoms with Gasteiger partial charge in [0.1, 0.15) is 0 Å². The Labute approximate surface area is 104 Å². The number of carbonyl (C=O) groups is 1. The van der Waals surface area contributed by atoms with Crippen molar-refractivity contribution in [2.75, 3.05) is 0 Å². The van der Waals surface area contributed by atoms with Gasteiger partial charge in [-0.2, -0.15) is 5.10 Å². The van der Waals surface area contributed by atoms with Crippen LogP contribution in [-0.4, -0.2) is 26.3 Å². The average molecular weight is 265 g/mol. The first-order chi connectivity index (χ1) is 8.56. The summed E-state index contributed by atoms with van der Waals surface area (Å²) >= 11 is 1.03. The van der Waals surface area contributed by atoms with E-state index < -0.39 is 17.2 Å². The fraction of sp³-hybridized carbons (Fsp3) is 0. The van der Waals surface area contributed by atoms with Crippen LogP contribution in [0.1, 0.15) is 10.4 Å². The molecule has 2 rings (SSSR count). The second kappa shape index (κ2) is 4.88. The SMILES string of the molecule is O=C(O)c1ccc(Sc2n[nH]c(=O)[nH]c2=O)cc1. The molecule has 0 unspecified atom stereocenters. The Morgan fingerprint density at radius 2 is 1.89 bits per heavy atom. The van der Waals surface area contributed by atoms with E-state index in [0.717, 1.165) is 11.8 Å². The maximum absolute atomic E-state index is 11.4. The molecule has 1 aromatic heterocycles. The summed E-state index contributed by atoms with van der Waals surface area (Å²) in [5.41, 5.74) is -1.11. The van der Waals surface area contributed by atoms with Crippen LogP contribution in [0.4, 0.5) is 0 Å². The molecule has 0 amide bonds.